The van der Waals surface area contributed by atoms with E-state index in [1.165, 1.54) is 6.92 Å². The topological polar surface area (TPSA) is 111 Å². The monoisotopic (exact) mass is 440 g/mol. The summed E-state index contributed by atoms with van der Waals surface area (Å²) in [5.41, 5.74) is 0. The fourth-order valence-corrected chi connectivity index (χ4v) is 3.53. The lowest BCUT2D eigenvalue weighted by Crippen LogP contribution is -2.50. The summed E-state index contributed by atoms with van der Waals surface area (Å²) in [7, 11) is 0. The van der Waals surface area contributed by atoms with E-state index in [0.717, 1.165) is 31.6 Å². The first-order chi connectivity index (χ1) is 14.9. The number of amides is 1. The van der Waals surface area contributed by atoms with Crippen LogP contribution in [0.4, 0.5) is 0 Å². The molecule has 3 atom stereocenters. The Hall–Kier alpha value is -1.52. The van der Waals surface area contributed by atoms with Gasteiger partial charge in [0, 0.05) is 52.2 Å². The van der Waals surface area contributed by atoms with E-state index in [0.29, 0.717) is 38.8 Å². The normalized spacial score (nSPS) is 25.5. The van der Waals surface area contributed by atoms with Crippen molar-refractivity contribution < 1.29 is 24.5 Å². The summed E-state index contributed by atoms with van der Waals surface area (Å²) in [6, 6.07) is 0. The summed E-state index contributed by atoms with van der Waals surface area (Å²) in [5, 5.41) is 21.1. The molecule has 0 spiro atoms. The van der Waals surface area contributed by atoms with Crippen LogP contribution in [0.15, 0.2) is 12.4 Å². The Morgan fingerprint density at radius 3 is 2.81 bits per heavy atom. The average molecular weight is 441 g/mol. The molecule has 2 rings (SSSR count). The predicted octanol–water partition coefficient (Wildman–Crippen LogP) is 1.02. The number of carbonyl (C=O) groups is 1. The number of imidazole rings is 1. The van der Waals surface area contributed by atoms with E-state index in [1.807, 2.05) is 0 Å². The Balaban J connectivity index is 2.09. The quantitative estimate of drug-likeness (QED) is 0.606. The number of hydrogen-bond donors (Lipinski definition) is 3. The number of aliphatic hydroxyl groups is 2. The highest BCUT2D eigenvalue weighted by atomic mass is 16.5. The first-order valence-corrected chi connectivity index (χ1v) is 11.4. The molecule has 1 aliphatic rings. The molecule has 1 fully saturated rings. The molecule has 1 saturated heterocycles. The molecule has 31 heavy (non-hydrogen) atoms. The molecule has 1 amide bonds. The minimum absolute atomic E-state index is 0.0430. The van der Waals surface area contributed by atoms with Gasteiger partial charge in [-0.05, 0) is 31.7 Å². The van der Waals surface area contributed by atoms with Crippen molar-refractivity contribution >= 4 is 5.91 Å². The van der Waals surface area contributed by atoms with Crippen LogP contribution in [-0.4, -0.2) is 100 Å². The molecule has 0 aromatic carbocycles. The van der Waals surface area contributed by atoms with Crippen LogP contribution in [0.5, 0.6) is 0 Å². The Morgan fingerprint density at radius 1 is 1.32 bits per heavy atom. The summed E-state index contributed by atoms with van der Waals surface area (Å²) in [6.07, 6.45) is 3.30. The highest BCUT2D eigenvalue weighted by Crippen LogP contribution is 2.12. The van der Waals surface area contributed by atoms with E-state index in [9.17, 15) is 15.0 Å². The molecule has 0 aliphatic carbocycles. The molecule has 0 unspecified atom stereocenters. The van der Waals surface area contributed by atoms with Gasteiger partial charge in [0.2, 0.25) is 5.91 Å². The van der Waals surface area contributed by atoms with Crippen molar-refractivity contribution in [3.05, 3.63) is 18.2 Å². The second kappa shape index (κ2) is 13.8. The lowest BCUT2D eigenvalue weighted by atomic mass is 10.1. The first-order valence-electron chi connectivity index (χ1n) is 11.4. The lowest BCUT2D eigenvalue weighted by Gasteiger charge is -2.33. The third-order valence-electron chi connectivity index (χ3n) is 5.56. The average Bonchev–Trinajstić information content (AvgIpc) is 3.23. The van der Waals surface area contributed by atoms with Crippen molar-refractivity contribution in [1.82, 2.24) is 19.8 Å². The van der Waals surface area contributed by atoms with Crippen LogP contribution in [0.2, 0.25) is 0 Å². The molecule has 1 aromatic heterocycles. The van der Waals surface area contributed by atoms with Gasteiger partial charge < -0.3 is 29.6 Å². The Labute approximate surface area is 185 Å². The van der Waals surface area contributed by atoms with Crippen molar-refractivity contribution in [3.8, 4) is 0 Å². The number of nitrogens with zero attached hydrogens (tertiary/aromatic N) is 3. The minimum Gasteiger partial charge on any atom is -0.388 e. The van der Waals surface area contributed by atoms with Crippen LogP contribution in [0.3, 0.4) is 0 Å². The summed E-state index contributed by atoms with van der Waals surface area (Å²) in [5.74, 6) is 1.27. The molecule has 3 N–H and O–H groups in total. The third kappa shape index (κ3) is 9.65. The number of H-pyrrole nitrogens is 1. The zero-order valence-electron chi connectivity index (χ0n) is 19.2. The summed E-state index contributed by atoms with van der Waals surface area (Å²) in [4.78, 5) is 23.7. The summed E-state index contributed by atoms with van der Waals surface area (Å²) < 4.78 is 11.5. The number of hydrogen-bond acceptors (Lipinski definition) is 7. The maximum atomic E-state index is 12.3. The molecular weight excluding hydrogens is 400 g/mol. The van der Waals surface area contributed by atoms with E-state index in [4.69, 9.17) is 9.47 Å². The van der Waals surface area contributed by atoms with Crippen molar-refractivity contribution in [3.63, 3.8) is 0 Å². The summed E-state index contributed by atoms with van der Waals surface area (Å²) in [6.45, 7) is 9.71. The second-order valence-electron chi connectivity index (χ2n) is 8.71. The second-order valence-corrected chi connectivity index (χ2v) is 8.71. The predicted molar refractivity (Wildman–Crippen MR) is 117 cm³/mol. The number of aromatic amines is 1. The molecule has 0 radical (unpaired) electrons. The molecule has 0 bridgehead atoms. The van der Waals surface area contributed by atoms with Gasteiger partial charge in [-0.15, -0.1) is 0 Å². The van der Waals surface area contributed by atoms with E-state index < -0.39 is 18.3 Å². The van der Waals surface area contributed by atoms with E-state index >= 15 is 0 Å². The molecular formula is C22H40N4O5. The maximum absolute atomic E-state index is 12.3. The van der Waals surface area contributed by atoms with Gasteiger partial charge in [0.1, 0.15) is 24.1 Å². The van der Waals surface area contributed by atoms with E-state index in [1.54, 1.807) is 17.3 Å². The molecule has 1 aromatic rings. The molecule has 9 nitrogen and oxygen atoms in total. The molecule has 2 heterocycles. The zero-order chi connectivity index (χ0) is 22.6. The standard InChI is InChI=1S/C22H40N4O5/c1-17(2)6-13-31-20-14-26(18(3)27)11-10-25(15-21-23-7-8-24-21)9-4-5-12-30-16-19(28)22(20)29/h7-8,17,19-20,22,28-29H,4-6,9-16H2,1-3H3,(H,23,24)/t19-,20-,22-/m1/s1. The van der Waals surface area contributed by atoms with Crippen molar-refractivity contribution in [2.75, 3.05) is 46.0 Å². The Kier molecular flexibility index (Phi) is 11.5. The van der Waals surface area contributed by atoms with Gasteiger partial charge in [0.25, 0.3) is 0 Å². The van der Waals surface area contributed by atoms with Gasteiger partial charge in [-0.1, -0.05) is 13.8 Å². The van der Waals surface area contributed by atoms with E-state index in [2.05, 4.69) is 28.7 Å². The van der Waals surface area contributed by atoms with Gasteiger partial charge in [0.05, 0.1) is 13.2 Å². The third-order valence-corrected chi connectivity index (χ3v) is 5.56. The number of aliphatic hydroxyl groups excluding tert-OH is 2. The minimum atomic E-state index is -1.13. The van der Waals surface area contributed by atoms with Crippen molar-refractivity contribution in [1.29, 1.82) is 0 Å². The number of nitrogens with one attached hydrogen (secondary N) is 1. The van der Waals surface area contributed by atoms with Gasteiger partial charge in [-0.3, -0.25) is 9.69 Å². The van der Waals surface area contributed by atoms with Crippen molar-refractivity contribution in [2.24, 2.45) is 5.92 Å². The van der Waals surface area contributed by atoms with Crippen LogP contribution in [0.1, 0.15) is 45.9 Å². The Morgan fingerprint density at radius 2 is 2.13 bits per heavy atom. The van der Waals surface area contributed by atoms with Gasteiger partial charge >= 0.3 is 0 Å². The summed E-state index contributed by atoms with van der Waals surface area (Å²) >= 11 is 0. The van der Waals surface area contributed by atoms with Crippen LogP contribution in [0.25, 0.3) is 0 Å². The Bertz CT molecular complexity index is 613. The first kappa shape index (κ1) is 25.7. The molecule has 1 aliphatic heterocycles. The van der Waals surface area contributed by atoms with Gasteiger partial charge in [-0.25, -0.2) is 4.98 Å². The lowest BCUT2D eigenvalue weighted by molar-refractivity contribution is -0.140. The fourth-order valence-electron chi connectivity index (χ4n) is 3.53. The molecule has 0 saturated carbocycles. The largest absolute Gasteiger partial charge is 0.388 e. The number of aromatic nitrogens is 2. The van der Waals surface area contributed by atoms with Crippen LogP contribution >= 0.6 is 0 Å². The SMILES string of the molecule is CC(=O)N1CCN(Cc2ncc[nH]2)CCCCOC[C@@H](O)[C@@H](O)[C@H](OCCC(C)C)C1. The maximum Gasteiger partial charge on any atom is 0.219 e. The van der Waals surface area contributed by atoms with Gasteiger partial charge in [-0.2, -0.15) is 0 Å². The van der Waals surface area contributed by atoms with Crippen LogP contribution < -0.4 is 0 Å². The zero-order valence-corrected chi connectivity index (χ0v) is 19.2. The number of ether oxygens (including phenoxy) is 2. The van der Waals surface area contributed by atoms with E-state index in [-0.39, 0.29) is 19.1 Å². The number of rotatable bonds is 6. The molecule has 9 heteroatoms. The van der Waals surface area contributed by atoms with Gasteiger partial charge in [0.15, 0.2) is 0 Å². The van der Waals surface area contributed by atoms with Crippen LogP contribution in [0, 0.1) is 5.92 Å². The smallest absolute Gasteiger partial charge is 0.219 e. The molecule has 178 valence electrons. The number of carbonyl (C=O) groups excluding carboxylic acids is 1. The highest BCUT2D eigenvalue weighted by molar-refractivity contribution is 5.73. The van der Waals surface area contributed by atoms with Crippen molar-refractivity contribution in [2.45, 2.75) is 64.9 Å². The van der Waals surface area contributed by atoms with Crippen LogP contribution in [-0.2, 0) is 20.8 Å². The fraction of sp³-hybridized carbons (Fsp3) is 0.818. The highest BCUT2D eigenvalue weighted by Gasteiger charge is 2.30.